The normalized spacial score (nSPS) is 10.5. The van der Waals surface area contributed by atoms with Crippen molar-refractivity contribution in [1.82, 2.24) is 4.98 Å². The number of amides is 1. The summed E-state index contributed by atoms with van der Waals surface area (Å²) in [5.41, 5.74) is 4.76. The fourth-order valence-corrected chi connectivity index (χ4v) is 3.37. The van der Waals surface area contributed by atoms with Gasteiger partial charge >= 0.3 is 0 Å². The summed E-state index contributed by atoms with van der Waals surface area (Å²) in [4.78, 5) is 17.4. The van der Waals surface area contributed by atoms with E-state index in [9.17, 15) is 4.79 Å². The number of carbonyl (C=O) groups excluding carboxylic acids is 1. The largest absolute Gasteiger partial charge is 0.493 e. The van der Waals surface area contributed by atoms with Crippen LogP contribution in [0.25, 0.3) is 22.7 Å². The highest BCUT2D eigenvalue weighted by molar-refractivity contribution is 6.05. The van der Waals surface area contributed by atoms with Gasteiger partial charge in [0.1, 0.15) is 12.0 Å². The molecular formula is C26H24N2O5. The van der Waals surface area contributed by atoms with Crippen molar-refractivity contribution in [1.29, 1.82) is 0 Å². The third-order valence-corrected chi connectivity index (χ3v) is 5.17. The summed E-state index contributed by atoms with van der Waals surface area (Å²) < 4.78 is 21.6. The zero-order valence-corrected chi connectivity index (χ0v) is 18.8. The Kier molecular flexibility index (Phi) is 6.31. The summed E-state index contributed by atoms with van der Waals surface area (Å²) in [7, 11) is 4.52. The van der Waals surface area contributed by atoms with Crippen molar-refractivity contribution >= 4 is 11.6 Å². The molecule has 4 aromatic rings. The molecule has 1 N–H and O–H groups in total. The van der Waals surface area contributed by atoms with Crippen LogP contribution in [-0.2, 0) is 0 Å². The van der Waals surface area contributed by atoms with E-state index in [2.05, 4.69) is 10.3 Å². The predicted molar refractivity (Wildman–Crippen MR) is 126 cm³/mol. The predicted octanol–water partition coefficient (Wildman–Crippen LogP) is 5.60. The molecule has 0 saturated heterocycles. The fraction of sp³-hybridized carbons (Fsp3) is 0.154. The van der Waals surface area contributed by atoms with Crippen molar-refractivity contribution < 1.29 is 23.4 Å². The number of carbonyl (C=O) groups is 1. The van der Waals surface area contributed by atoms with Crippen LogP contribution in [0.2, 0.25) is 0 Å². The van der Waals surface area contributed by atoms with Gasteiger partial charge in [0, 0.05) is 22.4 Å². The Hall–Kier alpha value is -4.26. The lowest BCUT2D eigenvalue weighted by molar-refractivity contribution is 0.102. The molecule has 1 amide bonds. The van der Waals surface area contributed by atoms with Gasteiger partial charge in [0.05, 0.1) is 21.3 Å². The molecule has 0 aliphatic carbocycles. The van der Waals surface area contributed by atoms with E-state index in [0.717, 1.165) is 16.8 Å². The first-order valence-electron chi connectivity index (χ1n) is 10.3. The van der Waals surface area contributed by atoms with Crippen LogP contribution in [-0.4, -0.2) is 32.2 Å². The Morgan fingerprint density at radius 2 is 1.45 bits per heavy atom. The zero-order chi connectivity index (χ0) is 23.4. The summed E-state index contributed by atoms with van der Waals surface area (Å²) in [5.74, 6) is 1.45. The molecule has 168 valence electrons. The molecule has 33 heavy (non-hydrogen) atoms. The number of benzene rings is 3. The molecule has 4 rings (SSSR count). The second kappa shape index (κ2) is 9.48. The Balaban J connectivity index is 1.50. The van der Waals surface area contributed by atoms with Crippen LogP contribution in [0.1, 0.15) is 15.9 Å². The van der Waals surface area contributed by atoms with Crippen LogP contribution < -0.4 is 19.5 Å². The minimum Gasteiger partial charge on any atom is -0.493 e. The Labute approximate surface area is 191 Å². The van der Waals surface area contributed by atoms with E-state index in [0.29, 0.717) is 34.4 Å². The van der Waals surface area contributed by atoms with Gasteiger partial charge < -0.3 is 23.9 Å². The van der Waals surface area contributed by atoms with Crippen molar-refractivity contribution in [2.45, 2.75) is 6.92 Å². The minimum atomic E-state index is -0.306. The van der Waals surface area contributed by atoms with Crippen molar-refractivity contribution in [3.05, 3.63) is 78.1 Å². The number of nitrogens with zero attached hydrogens (tertiary/aromatic N) is 1. The molecule has 0 unspecified atom stereocenters. The average Bonchev–Trinajstić information content (AvgIpc) is 3.34. The smallest absolute Gasteiger partial charge is 0.255 e. The maximum Gasteiger partial charge on any atom is 0.255 e. The van der Waals surface area contributed by atoms with Crippen LogP contribution >= 0.6 is 0 Å². The SMILES string of the molecule is COc1cc(C(=O)Nc2ccc(-c3nc(-c4ccc(C)cc4)co3)cc2)cc(OC)c1OC. The van der Waals surface area contributed by atoms with Crippen molar-refractivity contribution in [3.63, 3.8) is 0 Å². The average molecular weight is 444 g/mol. The maximum atomic E-state index is 12.8. The zero-order valence-electron chi connectivity index (χ0n) is 18.8. The van der Waals surface area contributed by atoms with Gasteiger partial charge in [0.2, 0.25) is 11.6 Å². The quantitative estimate of drug-likeness (QED) is 0.400. The number of aromatic nitrogens is 1. The Morgan fingerprint density at radius 3 is 2.03 bits per heavy atom. The first kappa shape index (κ1) is 22.0. The van der Waals surface area contributed by atoms with Gasteiger partial charge in [0.15, 0.2) is 11.5 Å². The topological polar surface area (TPSA) is 82.8 Å². The van der Waals surface area contributed by atoms with Gasteiger partial charge in [-0.15, -0.1) is 0 Å². The van der Waals surface area contributed by atoms with Crippen molar-refractivity contribution in [3.8, 4) is 40.0 Å². The summed E-state index contributed by atoms with van der Waals surface area (Å²) >= 11 is 0. The molecule has 7 nitrogen and oxygen atoms in total. The van der Waals surface area contributed by atoms with E-state index in [1.807, 2.05) is 43.3 Å². The fourth-order valence-electron chi connectivity index (χ4n) is 3.37. The number of ether oxygens (including phenoxy) is 3. The highest BCUT2D eigenvalue weighted by atomic mass is 16.5. The van der Waals surface area contributed by atoms with Crippen LogP contribution in [0.5, 0.6) is 17.2 Å². The number of hydrogen-bond acceptors (Lipinski definition) is 6. The van der Waals surface area contributed by atoms with E-state index >= 15 is 0 Å². The molecule has 0 radical (unpaired) electrons. The van der Waals surface area contributed by atoms with Gasteiger partial charge in [-0.3, -0.25) is 4.79 Å². The summed E-state index contributed by atoms with van der Waals surface area (Å²) in [6.45, 7) is 2.04. The molecule has 1 aromatic heterocycles. The van der Waals surface area contributed by atoms with Crippen LogP contribution in [0, 0.1) is 6.92 Å². The van der Waals surface area contributed by atoms with Crippen LogP contribution in [0.4, 0.5) is 5.69 Å². The molecule has 0 atom stereocenters. The number of hydrogen-bond donors (Lipinski definition) is 1. The Morgan fingerprint density at radius 1 is 0.848 bits per heavy atom. The maximum absolute atomic E-state index is 12.8. The second-order valence-electron chi connectivity index (χ2n) is 7.35. The first-order valence-corrected chi connectivity index (χ1v) is 10.3. The number of rotatable bonds is 7. The van der Waals surface area contributed by atoms with Crippen molar-refractivity contribution in [2.75, 3.05) is 26.6 Å². The van der Waals surface area contributed by atoms with E-state index in [1.54, 1.807) is 30.5 Å². The van der Waals surface area contributed by atoms with Crippen molar-refractivity contribution in [2.24, 2.45) is 0 Å². The summed E-state index contributed by atoms with van der Waals surface area (Å²) in [6.07, 6.45) is 1.64. The van der Waals surface area contributed by atoms with Gasteiger partial charge in [-0.25, -0.2) is 4.98 Å². The van der Waals surface area contributed by atoms with E-state index in [1.165, 1.54) is 26.9 Å². The van der Waals surface area contributed by atoms with Gasteiger partial charge in [-0.05, 0) is 43.3 Å². The molecule has 7 heteroatoms. The third-order valence-electron chi connectivity index (χ3n) is 5.17. The summed E-state index contributed by atoms with van der Waals surface area (Å²) in [6, 6.07) is 18.6. The molecule has 3 aromatic carbocycles. The van der Waals surface area contributed by atoms with Crippen LogP contribution in [0.3, 0.4) is 0 Å². The van der Waals surface area contributed by atoms with Gasteiger partial charge in [0.25, 0.3) is 5.91 Å². The lowest BCUT2D eigenvalue weighted by atomic mass is 10.1. The molecule has 0 aliphatic rings. The molecule has 0 spiro atoms. The molecule has 0 fully saturated rings. The van der Waals surface area contributed by atoms with E-state index in [4.69, 9.17) is 18.6 Å². The van der Waals surface area contributed by atoms with E-state index in [-0.39, 0.29) is 5.91 Å². The number of methoxy groups -OCH3 is 3. The molecule has 1 heterocycles. The first-order chi connectivity index (χ1) is 16.0. The molecule has 0 aliphatic heterocycles. The molecular weight excluding hydrogens is 420 g/mol. The highest BCUT2D eigenvalue weighted by Crippen LogP contribution is 2.38. The number of aryl methyl sites for hydroxylation is 1. The summed E-state index contributed by atoms with van der Waals surface area (Å²) in [5, 5.41) is 2.87. The lowest BCUT2D eigenvalue weighted by Crippen LogP contribution is -2.12. The monoisotopic (exact) mass is 444 g/mol. The van der Waals surface area contributed by atoms with Gasteiger partial charge in [-0.2, -0.15) is 0 Å². The lowest BCUT2D eigenvalue weighted by Gasteiger charge is -2.14. The second-order valence-corrected chi connectivity index (χ2v) is 7.35. The minimum absolute atomic E-state index is 0.306. The number of nitrogens with one attached hydrogen (secondary N) is 1. The standard InChI is InChI=1S/C26H24N2O5/c1-16-5-7-17(8-6-16)21-15-33-26(28-21)18-9-11-20(12-10-18)27-25(29)19-13-22(30-2)24(32-4)23(14-19)31-3/h5-15H,1-4H3,(H,27,29). The Bertz CT molecular complexity index is 1240. The van der Waals surface area contributed by atoms with Crippen LogP contribution in [0.15, 0.2) is 71.3 Å². The van der Waals surface area contributed by atoms with Gasteiger partial charge in [-0.1, -0.05) is 29.8 Å². The number of oxazole rings is 1. The molecule has 0 saturated carbocycles. The molecule has 0 bridgehead atoms. The highest BCUT2D eigenvalue weighted by Gasteiger charge is 2.17. The third kappa shape index (κ3) is 4.67. The van der Waals surface area contributed by atoms with E-state index < -0.39 is 0 Å². The number of anilines is 1.